The van der Waals surface area contributed by atoms with Crippen molar-refractivity contribution in [1.29, 1.82) is 0 Å². The lowest BCUT2D eigenvalue weighted by Gasteiger charge is -2.50. The van der Waals surface area contributed by atoms with Crippen LogP contribution in [0.15, 0.2) is 96.6 Å². The maximum atomic E-state index is 15.4. The van der Waals surface area contributed by atoms with E-state index in [2.05, 4.69) is 5.43 Å². The number of fused-ring (bicyclic) bond motifs is 4. The number of phenolic OH excluding ortho intramolecular Hbond substituents is 1. The zero-order chi connectivity index (χ0) is 38.2. The number of hydrogen-bond acceptors (Lipinski definition) is 9. The Labute approximate surface area is 319 Å². The van der Waals surface area contributed by atoms with E-state index in [4.69, 9.17) is 27.9 Å². The van der Waals surface area contributed by atoms with Crippen molar-refractivity contribution < 1.29 is 33.9 Å². The lowest BCUT2D eigenvalue weighted by Crippen LogP contribution is -2.53. The average molecular weight is 768 g/mol. The molecule has 274 valence electrons. The first-order valence-electron chi connectivity index (χ1n) is 17.2. The Kier molecular flexibility index (Phi) is 8.50. The highest BCUT2D eigenvalue weighted by Crippen LogP contribution is 2.65. The van der Waals surface area contributed by atoms with E-state index >= 15 is 4.79 Å². The minimum atomic E-state index is -1.64. The van der Waals surface area contributed by atoms with Gasteiger partial charge in [0.2, 0.25) is 11.8 Å². The zero-order valence-electron chi connectivity index (χ0n) is 28.9. The number of methoxy groups -OCH3 is 1. The molecule has 0 unspecified atom stereocenters. The number of rotatable bonds is 7. The van der Waals surface area contributed by atoms with Crippen molar-refractivity contribution >= 4 is 63.9 Å². The van der Waals surface area contributed by atoms with Gasteiger partial charge in [-0.2, -0.15) is 5.01 Å². The Morgan fingerprint density at radius 1 is 0.926 bits per heavy atom. The van der Waals surface area contributed by atoms with Gasteiger partial charge in [0.1, 0.15) is 11.5 Å². The number of aryl methyl sites for hydroxylation is 1. The summed E-state index contributed by atoms with van der Waals surface area (Å²) in [7, 11) is 1.52. The number of nitro groups is 1. The third-order valence-electron chi connectivity index (χ3n) is 11.5. The van der Waals surface area contributed by atoms with Crippen LogP contribution >= 0.6 is 23.2 Å². The smallest absolute Gasteiger partial charge is 0.269 e. The Bertz CT molecular complexity index is 2310. The van der Waals surface area contributed by atoms with Gasteiger partial charge in [-0.15, -0.1) is 0 Å². The summed E-state index contributed by atoms with van der Waals surface area (Å²) in [6.07, 6.45) is 2.06. The molecule has 12 nitrogen and oxygen atoms in total. The standard InChI is InChI=1S/C40H32Cl2N4O8/c1-20-4-3-5-28(35(20)47)34-26-15-16-27-33(38(50)44(36(27)48)23-9-11-24(12-10-23)46(52)53)29(26)19-30-37(49)45(43-32-17-8-22(41)18-31(32)42)39(51)40(30,34)21-6-13-25(54-2)14-7-21/h3-15,17-18,27,29-30,33-34,43,47H,16,19H2,1-2H3/t27-,29+,30-,33-,34+,40+/m0/s1. The summed E-state index contributed by atoms with van der Waals surface area (Å²) in [6.45, 7) is 1.74. The molecular weight excluding hydrogens is 735 g/mol. The summed E-state index contributed by atoms with van der Waals surface area (Å²) in [4.78, 5) is 70.6. The van der Waals surface area contributed by atoms with Gasteiger partial charge in [0.15, 0.2) is 0 Å². The summed E-state index contributed by atoms with van der Waals surface area (Å²) in [5, 5.41) is 24.6. The molecule has 2 heterocycles. The fourth-order valence-electron chi connectivity index (χ4n) is 9.08. The van der Waals surface area contributed by atoms with Crippen molar-refractivity contribution in [3.8, 4) is 11.5 Å². The van der Waals surface area contributed by atoms with Gasteiger partial charge in [-0.1, -0.05) is 65.2 Å². The highest BCUT2D eigenvalue weighted by atomic mass is 35.5. The molecule has 2 aliphatic heterocycles. The predicted molar refractivity (Wildman–Crippen MR) is 199 cm³/mol. The van der Waals surface area contributed by atoms with E-state index in [1.165, 1.54) is 37.4 Å². The Hall–Kier alpha value is -5.72. The van der Waals surface area contributed by atoms with Gasteiger partial charge in [0, 0.05) is 28.6 Å². The lowest BCUT2D eigenvalue weighted by atomic mass is 9.49. The second-order valence-electron chi connectivity index (χ2n) is 14.0. The summed E-state index contributed by atoms with van der Waals surface area (Å²) >= 11 is 12.7. The molecule has 2 aliphatic carbocycles. The van der Waals surface area contributed by atoms with Crippen molar-refractivity contribution in [3.63, 3.8) is 0 Å². The third-order valence-corrected chi connectivity index (χ3v) is 12.0. The monoisotopic (exact) mass is 766 g/mol. The van der Waals surface area contributed by atoms with Crippen LogP contribution < -0.4 is 15.1 Å². The maximum absolute atomic E-state index is 15.4. The number of phenols is 1. The highest BCUT2D eigenvalue weighted by molar-refractivity contribution is 6.36. The first-order valence-corrected chi connectivity index (χ1v) is 18.0. The quantitative estimate of drug-likeness (QED) is 0.0865. The van der Waals surface area contributed by atoms with Crippen LogP contribution in [-0.4, -0.2) is 45.8 Å². The van der Waals surface area contributed by atoms with Gasteiger partial charge in [0.05, 0.1) is 51.6 Å². The molecule has 8 rings (SSSR count). The summed E-state index contributed by atoms with van der Waals surface area (Å²) in [5.74, 6) is -6.10. The molecule has 54 heavy (non-hydrogen) atoms. The number of carbonyl (C=O) groups is 4. The number of halogens is 2. The number of nitrogens with zero attached hydrogens (tertiary/aromatic N) is 3. The molecule has 2 saturated heterocycles. The summed E-state index contributed by atoms with van der Waals surface area (Å²) in [5.41, 5.74) is 3.66. The largest absolute Gasteiger partial charge is 0.507 e. The number of imide groups is 2. The van der Waals surface area contributed by atoms with E-state index in [0.29, 0.717) is 33.0 Å². The van der Waals surface area contributed by atoms with E-state index in [0.717, 1.165) is 9.91 Å². The Balaban J connectivity index is 1.32. The van der Waals surface area contributed by atoms with Gasteiger partial charge in [-0.05, 0) is 79.3 Å². The number of carbonyl (C=O) groups excluding carboxylic acids is 4. The number of benzene rings is 4. The first kappa shape index (κ1) is 35.3. The van der Waals surface area contributed by atoms with Crippen LogP contribution in [0.2, 0.25) is 10.0 Å². The second-order valence-corrected chi connectivity index (χ2v) is 14.9. The minimum absolute atomic E-state index is 0.0202. The first-order chi connectivity index (χ1) is 25.9. The van der Waals surface area contributed by atoms with E-state index in [9.17, 15) is 29.6 Å². The molecule has 4 aromatic rings. The van der Waals surface area contributed by atoms with Crippen molar-refractivity contribution in [2.75, 3.05) is 17.4 Å². The fourth-order valence-corrected chi connectivity index (χ4v) is 9.53. The zero-order valence-corrected chi connectivity index (χ0v) is 30.4. The predicted octanol–water partition coefficient (Wildman–Crippen LogP) is 7.11. The topological polar surface area (TPSA) is 159 Å². The van der Waals surface area contributed by atoms with Crippen LogP contribution in [-0.2, 0) is 24.6 Å². The van der Waals surface area contributed by atoms with Gasteiger partial charge in [-0.3, -0.25) is 39.6 Å². The minimum Gasteiger partial charge on any atom is -0.507 e. The number of nitro benzene ring substituents is 1. The number of para-hydroxylation sites is 1. The number of anilines is 2. The molecule has 4 amide bonds. The summed E-state index contributed by atoms with van der Waals surface area (Å²) in [6, 6.07) is 21.9. The van der Waals surface area contributed by atoms with Crippen molar-refractivity contribution in [1.82, 2.24) is 5.01 Å². The molecule has 0 bridgehead atoms. The number of nitrogens with one attached hydrogen (secondary N) is 1. The van der Waals surface area contributed by atoms with Crippen LogP contribution in [0.4, 0.5) is 17.1 Å². The van der Waals surface area contributed by atoms with Gasteiger partial charge >= 0.3 is 0 Å². The van der Waals surface area contributed by atoms with Crippen LogP contribution in [0.5, 0.6) is 11.5 Å². The van der Waals surface area contributed by atoms with Crippen LogP contribution in [0, 0.1) is 40.7 Å². The maximum Gasteiger partial charge on any atom is 0.269 e. The lowest BCUT2D eigenvalue weighted by molar-refractivity contribution is -0.384. The number of allylic oxidation sites excluding steroid dienone is 2. The average Bonchev–Trinajstić information content (AvgIpc) is 3.54. The van der Waals surface area contributed by atoms with Crippen molar-refractivity contribution in [2.24, 2.45) is 23.7 Å². The molecular formula is C40H32Cl2N4O8. The molecule has 14 heteroatoms. The Morgan fingerprint density at radius 2 is 1.65 bits per heavy atom. The molecule has 4 aromatic carbocycles. The molecule has 4 aliphatic rings. The van der Waals surface area contributed by atoms with Gasteiger partial charge in [-0.25, -0.2) is 0 Å². The van der Waals surface area contributed by atoms with Crippen molar-refractivity contribution in [3.05, 3.63) is 133 Å². The van der Waals surface area contributed by atoms with E-state index in [1.807, 2.05) is 6.08 Å². The molecule has 0 radical (unpaired) electrons. The van der Waals surface area contributed by atoms with E-state index < -0.39 is 63.6 Å². The number of amides is 4. The molecule has 6 atom stereocenters. The highest BCUT2D eigenvalue weighted by Gasteiger charge is 2.70. The third kappa shape index (κ3) is 5.11. The number of hydrogen-bond donors (Lipinski definition) is 2. The number of non-ortho nitro benzene ring substituents is 1. The number of ether oxygens (including phenoxy) is 1. The van der Waals surface area contributed by atoms with Crippen molar-refractivity contribution in [2.45, 2.75) is 31.1 Å². The molecule has 0 spiro atoms. The van der Waals surface area contributed by atoms with Crippen LogP contribution in [0.25, 0.3) is 0 Å². The molecule has 2 N–H and O–H groups in total. The van der Waals surface area contributed by atoms with Gasteiger partial charge < -0.3 is 9.84 Å². The Morgan fingerprint density at radius 3 is 2.31 bits per heavy atom. The fraction of sp³-hybridized carbons (Fsp3) is 0.250. The van der Waals surface area contributed by atoms with Gasteiger partial charge in [0.25, 0.3) is 17.5 Å². The number of hydrazine groups is 1. The van der Waals surface area contributed by atoms with Crippen LogP contribution in [0.1, 0.15) is 35.4 Å². The van der Waals surface area contributed by atoms with Crippen LogP contribution in [0.3, 0.4) is 0 Å². The molecule has 3 fully saturated rings. The van der Waals surface area contributed by atoms with E-state index in [1.54, 1.807) is 61.5 Å². The summed E-state index contributed by atoms with van der Waals surface area (Å²) < 4.78 is 5.44. The number of aromatic hydroxyl groups is 1. The molecule has 1 saturated carbocycles. The SMILES string of the molecule is COc1ccc([C@@]23C(=O)N(Nc4ccc(Cl)cc4Cl)C(=O)[C@@H]2C[C@@H]2C(=CC[C@@H]4C(=O)N(c5ccc([N+](=O)[O-])cc5)C(=O)[C@@H]42)[C@@H]3c2cccc(C)c2O)cc1. The van der Waals surface area contributed by atoms with E-state index in [-0.39, 0.29) is 40.7 Å². The normalized spacial score (nSPS) is 25.9. The molecule has 0 aromatic heterocycles. The second kappa shape index (κ2) is 13.0.